The van der Waals surface area contributed by atoms with Gasteiger partial charge in [-0.2, -0.15) is 0 Å². The molecule has 0 radical (unpaired) electrons. The van der Waals surface area contributed by atoms with Gasteiger partial charge in [0.2, 0.25) is 0 Å². The predicted molar refractivity (Wildman–Crippen MR) is 71.5 cm³/mol. The first-order chi connectivity index (χ1) is 8.79. The third kappa shape index (κ3) is 4.06. The molecule has 1 aromatic carbocycles. The summed E-state index contributed by atoms with van der Waals surface area (Å²) in [5.74, 6) is 0.699. The molecule has 0 aromatic heterocycles. The molecule has 1 aromatic rings. The van der Waals surface area contributed by atoms with Crippen molar-refractivity contribution in [3.05, 3.63) is 35.9 Å². The van der Waals surface area contributed by atoms with E-state index in [9.17, 15) is 4.79 Å². The minimum atomic E-state index is -0.166. The first-order valence-electron chi connectivity index (χ1n) is 6.75. The summed E-state index contributed by atoms with van der Waals surface area (Å²) in [4.78, 5) is 13.7. The number of ether oxygens (including phenoxy) is 1. The van der Waals surface area contributed by atoms with Crippen LogP contribution in [-0.2, 0) is 11.2 Å². The first-order valence-corrected chi connectivity index (χ1v) is 6.75. The number of carbonyl (C=O) groups excluding carboxylic acids is 1. The van der Waals surface area contributed by atoms with Crippen LogP contribution >= 0.6 is 0 Å². The second kappa shape index (κ2) is 6.43. The Morgan fingerprint density at radius 3 is 2.67 bits per heavy atom. The van der Waals surface area contributed by atoms with Crippen LogP contribution in [0.15, 0.2) is 30.3 Å². The van der Waals surface area contributed by atoms with E-state index in [1.807, 2.05) is 30.0 Å². The summed E-state index contributed by atoms with van der Waals surface area (Å²) in [6.07, 6.45) is 3.23. The minimum Gasteiger partial charge on any atom is -0.450 e. The highest BCUT2D eigenvalue weighted by molar-refractivity contribution is 5.67. The summed E-state index contributed by atoms with van der Waals surface area (Å²) in [6.45, 7) is 3.90. The molecule has 0 spiro atoms. The Hall–Kier alpha value is -1.51. The highest BCUT2D eigenvalue weighted by Gasteiger charge is 2.27. The summed E-state index contributed by atoms with van der Waals surface area (Å²) in [6, 6.07) is 10.3. The molecule has 1 aliphatic carbocycles. The van der Waals surface area contributed by atoms with Crippen LogP contribution in [0.1, 0.15) is 25.3 Å². The average molecular weight is 247 g/mol. The number of benzene rings is 1. The maximum Gasteiger partial charge on any atom is 0.409 e. The van der Waals surface area contributed by atoms with Gasteiger partial charge in [-0.05, 0) is 37.7 Å². The quantitative estimate of drug-likeness (QED) is 0.773. The van der Waals surface area contributed by atoms with E-state index in [4.69, 9.17) is 4.74 Å². The molecule has 18 heavy (non-hydrogen) atoms. The zero-order valence-corrected chi connectivity index (χ0v) is 11.0. The number of nitrogens with zero attached hydrogens (tertiary/aromatic N) is 1. The topological polar surface area (TPSA) is 29.5 Å². The molecule has 0 bridgehead atoms. The molecule has 1 amide bonds. The fourth-order valence-electron chi connectivity index (χ4n) is 1.99. The maximum absolute atomic E-state index is 11.8. The summed E-state index contributed by atoms with van der Waals surface area (Å²) in [5, 5.41) is 0. The van der Waals surface area contributed by atoms with Crippen molar-refractivity contribution in [3.63, 3.8) is 0 Å². The monoisotopic (exact) mass is 247 g/mol. The standard InChI is InChI=1S/C15H21NO2/c1-2-18-15(17)16(12-14-8-9-14)11-10-13-6-4-3-5-7-13/h3-7,14H,2,8-12H2,1H3. The number of hydrogen-bond acceptors (Lipinski definition) is 2. The third-order valence-electron chi connectivity index (χ3n) is 3.21. The Labute approximate surface area is 109 Å². The van der Waals surface area contributed by atoms with Crippen LogP contribution < -0.4 is 0 Å². The summed E-state index contributed by atoms with van der Waals surface area (Å²) in [7, 11) is 0. The number of rotatable bonds is 6. The molecule has 0 unspecified atom stereocenters. The van der Waals surface area contributed by atoms with Crippen molar-refractivity contribution in [2.24, 2.45) is 5.92 Å². The Balaban J connectivity index is 1.85. The molecule has 0 saturated heterocycles. The Morgan fingerprint density at radius 2 is 2.06 bits per heavy atom. The number of amides is 1. The lowest BCUT2D eigenvalue weighted by atomic mass is 10.1. The van der Waals surface area contributed by atoms with E-state index in [-0.39, 0.29) is 6.09 Å². The molecular weight excluding hydrogens is 226 g/mol. The highest BCUT2D eigenvalue weighted by atomic mass is 16.6. The van der Waals surface area contributed by atoms with E-state index in [1.54, 1.807) is 0 Å². The molecule has 1 aliphatic rings. The van der Waals surface area contributed by atoms with E-state index in [1.165, 1.54) is 18.4 Å². The first kappa shape index (κ1) is 12.9. The van der Waals surface area contributed by atoms with E-state index in [0.29, 0.717) is 12.5 Å². The van der Waals surface area contributed by atoms with Gasteiger partial charge in [-0.25, -0.2) is 4.79 Å². The van der Waals surface area contributed by atoms with Gasteiger partial charge < -0.3 is 9.64 Å². The molecule has 98 valence electrons. The molecule has 0 N–H and O–H groups in total. The van der Waals surface area contributed by atoms with Crippen molar-refractivity contribution in [2.45, 2.75) is 26.2 Å². The Morgan fingerprint density at radius 1 is 1.33 bits per heavy atom. The van der Waals surface area contributed by atoms with Crippen LogP contribution in [0, 0.1) is 5.92 Å². The fourth-order valence-corrected chi connectivity index (χ4v) is 1.99. The van der Waals surface area contributed by atoms with Crippen LogP contribution in [0.25, 0.3) is 0 Å². The Bertz CT molecular complexity index is 373. The van der Waals surface area contributed by atoms with Crippen LogP contribution in [-0.4, -0.2) is 30.7 Å². The molecular formula is C15H21NO2. The van der Waals surface area contributed by atoms with Crippen molar-refractivity contribution in [1.29, 1.82) is 0 Å². The molecule has 0 aliphatic heterocycles. The van der Waals surface area contributed by atoms with Gasteiger partial charge in [-0.1, -0.05) is 30.3 Å². The van der Waals surface area contributed by atoms with Gasteiger partial charge in [0.25, 0.3) is 0 Å². The van der Waals surface area contributed by atoms with Crippen molar-refractivity contribution in [3.8, 4) is 0 Å². The molecule has 2 rings (SSSR count). The van der Waals surface area contributed by atoms with Gasteiger partial charge in [0, 0.05) is 13.1 Å². The second-order valence-corrected chi connectivity index (χ2v) is 4.82. The zero-order valence-electron chi connectivity index (χ0n) is 11.0. The lowest BCUT2D eigenvalue weighted by molar-refractivity contribution is 0.106. The van der Waals surface area contributed by atoms with Gasteiger partial charge in [0.15, 0.2) is 0 Å². The molecule has 1 fully saturated rings. The molecule has 1 saturated carbocycles. The molecule has 0 heterocycles. The van der Waals surface area contributed by atoms with Crippen molar-refractivity contribution in [2.75, 3.05) is 19.7 Å². The number of hydrogen-bond donors (Lipinski definition) is 0. The average Bonchev–Trinajstić information content (AvgIpc) is 3.20. The van der Waals surface area contributed by atoms with Crippen molar-refractivity contribution in [1.82, 2.24) is 4.90 Å². The third-order valence-corrected chi connectivity index (χ3v) is 3.21. The van der Waals surface area contributed by atoms with Crippen molar-refractivity contribution < 1.29 is 9.53 Å². The predicted octanol–water partition coefficient (Wildman–Crippen LogP) is 3.10. The minimum absolute atomic E-state index is 0.166. The van der Waals surface area contributed by atoms with Crippen LogP contribution in [0.5, 0.6) is 0 Å². The van der Waals surface area contributed by atoms with Gasteiger partial charge >= 0.3 is 6.09 Å². The van der Waals surface area contributed by atoms with Crippen LogP contribution in [0.3, 0.4) is 0 Å². The van der Waals surface area contributed by atoms with E-state index < -0.39 is 0 Å². The highest BCUT2D eigenvalue weighted by Crippen LogP contribution is 2.29. The van der Waals surface area contributed by atoms with Gasteiger partial charge in [-0.15, -0.1) is 0 Å². The van der Waals surface area contributed by atoms with Crippen LogP contribution in [0.4, 0.5) is 4.79 Å². The largest absolute Gasteiger partial charge is 0.450 e. The molecule has 3 heteroatoms. The fraction of sp³-hybridized carbons (Fsp3) is 0.533. The Kier molecular flexibility index (Phi) is 4.62. The molecule has 3 nitrogen and oxygen atoms in total. The zero-order chi connectivity index (χ0) is 12.8. The number of carbonyl (C=O) groups is 1. The SMILES string of the molecule is CCOC(=O)N(CCc1ccccc1)CC1CC1. The van der Waals surface area contributed by atoms with Crippen molar-refractivity contribution >= 4 is 6.09 Å². The molecule has 0 atom stereocenters. The second-order valence-electron chi connectivity index (χ2n) is 4.82. The maximum atomic E-state index is 11.8. The van der Waals surface area contributed by atoms with E-state index in [2.05, 4.69) is 12.1 Å². The summed E-state index contributed by atoms with van der Waals surface area (Å²) < 4.78 is 5.11. The summed E-state index contributed by atoms with van der Waals surface area (Å²) >= 11 is 0. The van der Waals surface area contributed by atoms with E-state index >= 15 is 0 Å². The lowest BCUT2D eigenvalue weighted by Crippen LogP contribution is -2.35. The van der Waals surface area contributed by atoms with Gasteiger partial charge in [-0.3, -0.25) is 0 Å². The van der Waals surface area contributed by atoms with E-state index in [0.717, 1.165) is 19.5 Å². The smallest absolute Gasteiger partial charge is 0.409 e. The normalized spacial score (nSPS) is 14.3. The van der Waals surface area contributed by atoms with Crippen LogP contribution in [0.2, 0.25) is 0 Å². The van der Waals surface area contributed by atoms with Gasteiger partial charge in [0.1, 0.15) is 0 Å². The lowest BCUT2D eigenvalue weighted by Gasteiger charge is -2.21. The van der Waals surface area contributed by atoms with Gasteiger partial charge in [0.05, 0.1) is 6.61 Å². The summed E-state index contributed by atoms with van der Waals surface area (Å²) in [5.41, 5.74) is 1.27.